The Morgan fingerprint density at radius 2 is 1.66 bits per heavy atom. The fourth-order valence-electron chi connectivity index (χ4n) is 3.41. The molecule has 32 heavy (non-hydrogen) atoms. The van der Waals surface area contributed by atoms with Gasteiger partial charge in [0, 0.05) is 29.7 Å². The van der Waals surface area contributed by atoms with Crippen molar-refractivity contribution in [3.63, 3.8) is 0 Å². The van der Waals surface area contributed by atoms with Gasteiger partial charge in [-0.05, 0) is 49.6 Å². The molecule has 0 aliphatic carbocycles. The van der Waals surface area contributed by atoms with E-state index >= 15 is 0 Å². The average molecular weight is 444 g/mol. The number of nitrogens with zero attached hydrogens (tertiary/aromatic N) is 4. The number of carbonyl (C=O) groups is 1. The second kappa shape index (κ2) is 10.7. The summed E-state index contributed by atoms with van der Waals surface area (Å²) in [5.74, 6) is 0.984. The van der Waals surface area contributed by atoms with Crippen LogP contribution in [-0.4, -0.2) is 37.5 Å². The first-order valence-electron chi connectivity index (χ1n) is 10.6. The standard InChI is InChI=1S/C25H25N5OS/c1-19(12-13-20-8-4-2-5-9-20)27-23(31)18-32-25-29-28-24(21-14-16-26-17-15-21)30(25)22-10-6-3-7-11-22/h2-11,14-17,19H,12-13,18H2,1H3,(H,27,31)/t19-/m1/s1. The second-order valence-electron chi connectivity index (χ2n) is 7.49. The van der Waals surface area contributed by atoms with Gasteiger partial charge < -0.3 is 5.32 Å². The monoisotopic (exact) mass is 443 g/mol. The van der Waals surface area contributed by atoms with E-state index in [1.165, 1.54) is 17.3 Å². The minimum absolute atomic E-state index is 0.0105. The van der Waals surface area contributed by atoms with E-state index in [0.717, 1.165) is 29.9 Å². The van der Waals surface area contributed by atoms with E-state index in [0.29, 0.717) is 5.16 Å². The number of carbonyl (C=O) groups excluding carboxylic acids is 1. The Morgan fingerprint density at radius 3 is 2.38 bits per heavy atom. The summed E-state index contributed by atoms with van der Waals surface area (Å²) in [4.78, 5) is 16.7. The van der Waals surface area contributed by atoms with Crippen LogP contribution in [0, 0.1) is 0 Å². The smallest absolute Gasteiger partial charge is 0.230 e. The zero-order valence-corrected chi connectivity index (χ0v) is 18.7. The molecule has 2 aromatic heterocycles. The average Bonchev–Trinajstić information content (AvgIpc) is 3.27. The Bertz CT molecular complexity index is 1130. The lowest BCUT2D eigenvalue weighted by Gasteiger charge is -2.14. The van der Waals surface area contributed by atoms with Crippen molar-refractivity contribution in [2.75, 3.05) is 5.75 Å². The van der Waals surface area contributed by atoms with Crippen LogP contribution in [0.2, 0.25) is 0 Å². The molecule has 4 aromatic rings. The zero-order valence-electron chi connectivity index (χ0n) is 17.9. The molecule has 0 saturated heterocycles. The zero-order chi connectivity index (χ0) is 22.2. The molecule has 6 nitrogen and oxygen atoms in total. The summed E-state index contributed by atoms with van der Waals surface area (Å²) < 4.78 is 1.98. The maximum atomic E-state index is 12.6. The Balaban J connectivity index is 1.42. The van der Waals surface area contributed by atoms with Gasteiger partial charge >= 0.3 is 0 Å². The van der Waals surface area contributed by atoms with Crippen LogP contribution in [0.25, 0.3) is 17.1 Å². The van der Waals surface area contributed by atoms with Crippen molar-refractivity contribution in [3.8, 4) is 17.1 Å². The van der Waals surface area contributed by atoms with Gasteiger partial charge in [-0.1, -0.05) is 60.3 Å². The summed E-state index contributed by atoms with van der Waals surface area (Å²) in [6, 6.07) is 24.1. The molecule has 0 aliphatic rings. The number of thioether (sulfide) groups is 1. The molecule has 0 bridgehead atoms. The number of nitrogens with one attached hydrogen (secondary N) is 1. The first-order chi connectivity index (χ1) is 15.7. The largest absolute Gasteiger partial charge is 0.353 e. The van der Waals surface area contributed by atoms with Crippen molar-refractivity contribution in [3.05, 3.63) is 90.8 Å². The van der Waals surface area contributed by atoms with Crippen LogP contribution in [0.1, 0.15) is 18.9 Å². The van der Waals surface area contributed by atoms with Crippen LogP contribution in [0.4, 0.5) is 0 Å². The van der Waals surface area contributed by atoms with E-state index in [9.17, 15) is 4.79 Å². The number of para-hydroxylation sites is 1. The predicted octanol–water partition coefficient (Wildman–Crippen LogP) is 4.56. The summed E-state index contributed by atoms with van der Waals surface area (Å²) in [6.45, 7) is 2.04. The number of amides is 1. The maximum absolute atomic E-state index is 12.6. The second-order valence-corrected chi connectivity index (χ2v) is 8.44. The Labute approximate surface area is 192 Å². The highest BCUT2D eigenvalue weighted by molar-refractivity contribution is 7.99. The normalized spacial score (nSPS) is 11.8. The molecule has 0 fully saturated rings. The number of aryl methyl sites for hydroxylation is 1. The van der Waals surface area contributed by atoms with Gasteiger partial charge in [0.05, 0.1) is 5.75 Å². The SMILES string of the molecule is C[C@H](CCc1ccccc1)NC(=O)CSc1nnc(-c2ccncc2)n1-c1ccccc1. The highest BCUT2D eigenvalue weighted by atomic mass is 32.2. The molecular formula is C25H25N5OS. The van der Waals surface area contributed by atoms with Gasteiger partial charge in [0.1, 0.15) is 0 Å². The van der Waals surface area contributed by atoms with Crippen LogP contribution in [0.3, 0.4) is 0 Å². The maximum Gasteiger partial charge on any atom is 0.230 e. The highest BCUT2D eigenvalue weighted by Crippen LogP contribution is 2.27. The summed E-state index contributed by atoms with van der Waals surface area (Å²) >= 11 is 1.38. The molecule has 2 heterocycles. The highest BCUT2D eigenvalue weighted by Gasteiger charge is 2.17. The molecule has 1 N–H and O–H groups in total. The van der Waals surface area contributed by atoms with Gasteiger partial charge in [-0.25, -0.2) is 0 Å². The fourth-order valence-corrected chi connectivity index (χ4v) is 4.17. The van der Waals surface area contributed by atoms with Gasteiger partial charge in [-0.2, -0.15) is 0 Å². The molecule has 7 heteroatoms. The van der Waals surface area contributed by atoms with Crippen LogP contribution < -0.4 is 5.32 Å². The third-order valence-corrected chi connectivity index (χ3v) is 5.96. The molecule has 0 unspecified atom stereocenters. The Hall–Kier alpha value is -3.45. The van der Waals surface area contributed by atoms with E-state index in [2.05, 4.69) is 32.6 Å². The fraction of sp³-hybridized carbons (Fsp3) is 0.200. The summed E-state index contributed by atoms with van der Waals surface area (Å²) in [5.41, 5.74) is 3.15. The number of benzene rings is 2. The van der Waals surface area contributed by atoms with Crippen molar-refractivity contribution in [1.82, 2.24) is 25.1 Å². The molecular weight excluding hydrogens is 418 g/mol. The van der Waals surface area contributed by atoms with Crippen molar-refractivity contribution >= 4 is 17.7 Å². The minimum atomic E-state index is -0.0105. The van der Waals surface area contributed by atoms with E-state index < -0.39 is 0 Å². The van der Waals surface area contributed by atoms with Crippen molar-refractivity contribution < 1.29 is 4.79 Å². The summed E-state index contributed by atoms with van der Waals surface area (Å²) in [6.07, 6.45) is 5.30. The van der Waals surface area contributed by atoms with Gasteiger partial charge in [-0.15, -0.1) is 10.2 Å². The molecule has 0 aliphatic heterocycles. The number of pyridine rings is 1. The molecule has 1 amide bonds. The van der Waals surface area contributed by atoms with E-state index in [-0.39, 0.29) is 17.7 Å². The quantitative estimate of drug-likeness (QED) is 0.384. The Kier molecular flexibility index (Phi) is 7.30. The van der Waals surface area contributed by atoms with Crippen molar-refractivity contribution in [2.45, 2.75) is 31.0 Å². The summed E-state index contributed by atoms with van der Waals surface area (Å²) in [5, 5.41) is 12.5. The summed E-state index contributed by atoms with van der Waals surface area (Å²) in [7, 11) is 0. The first-order valence-corrected chi connectivity index (χ1v) is 11.6. The molecule has 0 spiro atoms. The number of aromatic nitrogens is 4. The number of hydrogen-bond donors (Lipinski definition) is 1. The van der Waals surface area contributed by atoms with Crippen LogP contribution in [0.15, 0.2) is 90.3 Å². The van der Waals surface area contributed by atoms with Crippen molar-refractivity contribution in [1.29, 1.82) is 0 Å². The van der Waals surface area contributed by atoms with Crippen LogP contribution in [-0.2, 0) is 11.2 Å². The minimum Gasteiger partial charge on any atom is -0.353 e. The third kappa shape index (κ3) is 5.62. The lowest BCUT2D eigenvalue weighted by Crippen LogP contribution is -2.34. The van der Waals surface area contributed by atoms with Gasteiger partial charge in [0.15, 0.2) is 11.0 Å². The first kappa shape index (κ1) is 21.8. The predicted molar refractivity (Wildman–Crippen MR) is 128 cm³/mol. The number of hydrogen-bond acceptors (Lipinski definition) is 5. The third-order valence-electron chi connectivity index (χ3n) is 5.03. The topological polar surface area (TPSA) is 72.7 Å². The lowest BCUT2D eigenvalue weighted by atomic mass is 10.1. The molecule has 1 atom stereocenters. The van der Waals surface area contributed by atoms with Gasteiger partial charge in [0.25, 0.3) is 0 Å². The van der Waals surface area contributed by atoms with Crippen LogP contribution >= 0.6 is 11.8 Å². The van der Waals surface area contributed by atoms with E-state index in [1.807, 2.05) is 72.2 Å². The molecule has 0 radical (unpaired) electrons. The molecule has 162 valence electrons. The van der Waals surface area contributed by atoms with Gasteiger partial charge in [-0.3, -0.25) is 14.3 Å². The Morgan fingerprint density at radius 1 is 0.969 bits per heavy atom. The van der Waals surface area contributed by atoms with Crippen LogP contribution in [0.5, 0.6) is 0 Å². The van der Waals surface area contributed by atoms with E-state index in [1.54, 1.807) is 12.4 Å². The van der Waals surface area contributed by atoms with Gasteiger partial charge in [0.2, 0.25) is 5.91 Å². The number of rotatable bonds is 9. The molecule has 0 saturated carbocycles. The molecule has 2 aromatic carbocycles. The molecule has 4 rings (SSSR count). The lowest BCUT2D eigenvalue weighted by molar-refractivity contribution is -0.119. The van der Waals surface area contributed by atoms with Crippen molar-refractivity contribution in [2.24, 2.45) is 0 Å². The van der Waals surface area contributed by atoms with E-state index in [4.69, 9.17) is 0 Å².